The van der Waals surface area contributed by atoms with E-state index in [0.29, 0.717) is 11.4 Å². The van der Waals surface area contributed by atoms with E-state index in [2.05, 4.69) is 40.1 Å². The van der Waals surface area contributed by atoms with Gasteiger partial charge >= 0.3 is 0 Å². The van der Waals surface area contributed by atoms with E-state index in [4.69, 9.17) is 10.5 Å². The molecule has 0 spiro atoms. The molecular weight excluding hydrogens is 374 g/mol. The summed E-state index contributed by atoms with van der Waals surface area (Å²) in [7, 11) is 1.52. The van der Waals surface area contributed by atoms with Crippen LogP contribution in [0, 0.1) is 0 Å². The lowest BCUT2D eigenvalue weighted by atomic mass is 10.2. The first-order chi connectivity index (χ1) is 13.5. The second-order valence-corrected chi connectivity index (χ2v) is 7.41. The van der Waals surface area contributed by atoms with E-state index in [1.165, 1.54) is 11.9 Å². The van der Waals surface area contributed by atoms with Crippen molar-refractivity contribution in [3.05, 3.63) is 47.0 Å². The Kier molecular flexibility index (Phi) is 6.33. The van der Waals surface area contributed by atoms with E-state index in [1.807, 2.05) is 24.3 Å². The zero-order valence-corrected chi connectivity index (χ0v) is 17.1. The van der Waals surface area contributed by atoms with Gasteiger partial charge in [0.15, 0.2) is 11.0 Å². The van der Waals surface area contributed by atoms with Crippen molar-refractivity contribution in [3.63, 3.8) is 0 Å². The number of hydrogen-bond donors (Lipinski definition) is 3. The third kappa shape index (κ3) is 4.71. The van der Waals surface area contributed by atoms with Crippen LogP contribution in [0.4, 0.5) is 0 Å². The van der Waals surface area contributed by atoms with Crippen LogP contribution in [-0.2, 0) is 6.54 Å². The Hall–Kier alpha value is -2.84. The van der Waals surface area contributed by atoms with E-state index in [9.17, 15) is 4.79 Å². The fourth-order valence-corrected chi connectivity index (χ4v) is 3.73. The van der Waals surface area contributed by atoms with Crippen LogP contribution >= 0.6 is 11.3 Å². The van der Waals surface area contributed by atoms with Crippen LogP contribution in [0.5, 0.6) is 10.8 Å². The molecule has 0 aliphatic carbocycles. The van der Waals surface area contributed by atoms with E-state index < -0.39 is 0 Å². The molecule has 0 bridgehead atoms. The van der Waals surface area contributed by atoms with Gasteiger partial charge in [-0.1, -0.05) is 13.8 Å². The van der Waals surface area contributed by atoms with Crippen LogP contribution in [0.1, 0.15) is 29.2 Å². The molecule has 0 fully saturated rings. The largest absolute Gasteiger partial charge is 0.447 e. The summed E-state index contributed by atoms with van der Waals surface area (Å²) in [5.74, 6) is 0.458. The van der Waals surface area contributed by atoms with Gasteiger partial charge in [0.1, 0.15) is 11.4 Å². The Balaban J connectivity index is 1.72. The summed E-state index contributed by atoms with van der Waals surface area (Å²) < 4.78 is 6.01. The summed E-state index contributed by atoms with van der Waals surface area (Å²) in [6.07, 6.45) is 0. The minimum Gasteiger partial charge on any atom is -0.447 e. The molecule has 7 nitrogen and oxygen atoms in total. The van der Waals surface area contributed by atoms with Crippen LogP contribution in [-0.4, -0.2) is 41.9 Å². The van der Waals surface area contributed by atoms with Crippen LogP contribution in [0.2, 0.25) is 0 Å². The molecule has 0 aliphatic rings. The Bertz CT molecular complexity index is 988. The van der Waals surface area contributed by atoms with Crippen LogP contribution < -0.4 is 15.8 Å². The fraction of sp³-hybridized carbons (Fsp3) is 0.300. The summed E-state index contributed by atoms with van der Waals surface area (Å²) in [6, 6.07) is 11.6. The van der Waals surface area contributed by atoms with Gasteiger partial charge in [-0.05, 0) is 43.4 Å². The molecule has 1 amide bonds. The number of nitrogens with one attached hydrogen (secondary N) is 2. The molecule has 148 valence electrons. The van der Waals surface area contributed by atoms with Gasteiger partial charge in [-0.2, -0.15) is 0 Å². The number of carbonyl (C=O) groups is 1. The van der Waals surface area contributed by atoms with Crippen molar-refractivity contribution in [1.82, 2.24) is 15.2 Å². The molecule has 2 heterocycles. The van der Waals surface area contributed by atoms with Gasteiger partial charge in [0.25, 0.3) is 5.91 Å². The lowest BCUT2D eigenvalue weighted by molar-refractivity contribution is 0.0972. The van der Waals surface area contributed by atoms with Crippen molar-refractivity contribution in [2.75, 3.05) is 20.1 Å². The van der Waals surface area contributed by atoms with Gasteiger partial charge < -0.3 is 15.5 Å². The third-order valence-corrected chi connectivity index (χ3v) is 5.40. The van der Waals surface area contributed by atoms with Crippen LogP contribution in [0.15, 0.2) is 41.4 Å². The maximum Gasteiger partial charge on any atom is 0.274 e. The highest BCUT2D eigenvalue weighted by Gasteiger charge is 2.12. The van der Waals surface area contributed by atoms with Gasteiger partial charge in [0, 0.05) is 35.4 Å². The lowest BCUT2D eigenvalue weighted by Gasteiger charge is -2.16. The molecule has 0 atom stereocenters. The normalized spacial score (nSPS) is 11.9. The number of hydrogen-bond acceptors (Lipinski definition) is 5. The quantitative estimate of drug-likeness (QED) is 0.418. The lowest BCUT2D eigenvalue weighted by Crippen LogP contribution is -2.36. The average molecular weight is 400 g/mol. The number of aliphatic imine (C=N–C) groups is 1. The highest BCUT2D eigenvalue weighted by molar-refractivity contribution is 7.13. The minimum atomic E-state index is -0.332. The summed E-state index contributed by atoms with van der Waals surface area (Å²) >= 11 is 1.65. The standard InChI is InChI=1S/C20H25N5O2S/c1-4-25(5-2)12-15-8-9-18(28-15)27-14-7-6-13-10-17(23-16(13)11-14)19(26)24-20(21)22-3/h6-11,23H,4-5,12H2,1-3H3,(H3,21,22,24,26). The second kappa shape index (κ2) is 8.90. The summed E-state index contributed by atoms with van der Waals surface area (Å²) in [4.78, 5) is 22.6. The molecule has 3 aromatic rings. The van der Waals surface area contributed by atoms with Crippen molar-refractivity contribution in [3.8, 4) is 10.8 Å². The van der Waals surface area contributed by atoms with Crippen molar-refractivity contribution in [2.24, 2.45) is 10.7 Å². The number of thiophene rings is 1. The van der Waals surface area contributed by atoms with E-state index >= 15 is 0 Å². The molecule has 2 aromatic heterocycles. The summed E-state index contributed by atoms with van der Waals surface area (Å²) in [5.41, 5.74) is 6.78. The molecule has 0 unspecified atom stereocenters. The molecule has 3 rings (SSSR count). The van der Waals surface area contributed by atoms with Gasteiger partial charge in [-0.15, -0.1) is 11.3 Å². The number of amides is 1. The number of rotatable bonds is 7. The molecule has 0 saturated carbocycles. The van der Waals surface area contributed by atoms with E-state index in [0.717, 1.165) is 35.6 Å². The number of nitrogens with zero attached hydrogens (tertiary/aromatic N) is 2. The zero-order chi connectivity index (χ0) is 20.1. The number of guanidine groups is 1. The predicted octanol–water partition coefficient (Wildman–Crippen LogP) is 3.54. The first-order valence-corrected chi connectivity index (χ1v) is 9.99. The van der Waals surface area contributed by atoms with Gasteiger partial charge in [-0.25, -0.2) is 0 Å². The maximum atomic E-state index is 12.2. The number of H-pyrrole nitrogens is 1. The van der Waals surface area contributed by atoms with Crippen LogP contribution in [0.25, 0.3) is 10.9 Å². The molecule has 0 saturated heterocycles. The molecular formula is C20H25N5O2S. The summed E-state index contributed by atoms with van der Waals surface area (Å²) in [6.45, 7) is 7.31. The molecule has 0 aliphatic heterocycles. The third-order valence-electron chi connectivity index (χ3n) is 4.45. The molecule has 1 aromatic carbocycles. The monoisotopic (exact) mass is 399 g/mol. The Morgan fingerprint density at radius 1 is 1.25 bits per heavy atom. The van der Waals surface area contributed by atoms with Crippen molar-refractivity contribution >= 4 is 34.1 Å². The second-order valence-electron chi connectivity index (χ2n) is 6.28. The number of nitrogens with two attached hydrogens (primary N) is 1. The van der Waals surface area contributed by atoms with Gasteiger partial charge in [0.2, 0.25) is 0 Å². The predicted molar refractivity (Wildman–Crippen MR) is 114 cm³/mol. The Morgan fingerprint density at radius 2 is 2.04 bits per heavy atom. The molecule has 0 radical (unpaired) electrons. The molecule has 4 N–H and O–H groups in total. The number of carbonyl (C=O) groups excluding carboxylic acids is 1. The highest BCUT2D eigenvalue weighted by atomic mass is 32.1. The zero-order valence-electron chi connectivity index (χ0n) is 16.3. The highest BCUT2D eigenvalue weighted by Crippen LogP contribution is 2.31. The first kappa shape index (κ1) is 19.9. The Morgan fingerprint density at radius 3 is 2.75 bits per heavy atom. The van der Waals surface area contributed by atoms with Crippen LogP contribution in [0.3, 0.4) is 0 Å². The van der Waals surface area contributed by atoms with Crippen molar-refractivity contribution in [1.29, 1.82) is 0 Å². The SMILES string of the molecule is CCN(CC)Cc1ccc(Oc2ccc3cc(C(=O)NC(N)=NC)[nH]c3c2)s1. The van der Waals surface area contributed by atoms with E-state index in [1.54, 1.807) is 17.4 Å². The number of benzene rings is 1. The summed E-state index contributed by atoms with van der Waals surface area (Å²) in [5, 5.41) is 4.27. The molecule has 8 heteroatoms. The van der Waals surface area contributed by atoms with Crippen molar-refractivity contribution < 1.29 is 9.53 Å². The van der Waals surface area contributed by atoms with Gasteiger partial charge in [0.05, 0.1) is 0 Å². The van der Waals surface area contributed by atoms with Gasteiger partial charge in [-0.3, -0.25) is 20.0 Å². The van der Waals surface area contributed by atoms with Crippen molar-refractivity contribution in [2.45, 2.75) is 20.4 Å². The average Bonchev–Trinajstić information content (AvgIpc) is 3.32. The maximum absolute atomic E-state index is 12.2. The topological polar surface area (TPSA) is 95.7 Å². The number of fused-ring (bicyclic) bond motifs is 1. The van der Waals surface area contributed by atoms with E-state index in [-0.39, 0.29) is 11.9 Å². The fourth-order valence-electron chi connectivity index (χ4n) is 2.81. The first-order valence-electron chi connectivity index (χ1n) is 9.17. The smallest absolute Gasteiger partial charge is 0.274 e. The molecule has 28 heavy (non-hydrogen) atoms. The number of aromatic nitrogens is 1. The minimum absolute atomic E-state index is 0.0749. The Labute approximate surface area is 168 Å². The number of ether oxygens (including phenoxy) is 1. The number of aromatic amines is 1.